The van der Waals surface area contributed by atoms with E-state index in [4.69, 9.17) is 0 Å². The summed E-state index contributed by atoms with van der Waals surface area (Å²) in [5.74, 6) is -0.0884. The van der Waals surface area contributed by atoms with Crippen molar-refractivity contribution in [2.75, 3.05) is 6.54 Å². The van der Waals surface area contributed by atoms with Crippen LogP contribution in [-0.4, -0.2) is 22.2 Å². The molecule has 2 aromatic rings. The third-order valence-electron chi connectivity index (χ3n) is 2.95. The van der Waals surface area contributed by atoms with Crippen LogP contribution in [0.3, 0.4) is 0 Å². The second-order valence-corrected chi connectivity index (χ2v) is 5.43. The number of thiophene rings is 1. The van der Waals surface area contributed by atoms with Gasteiger partial charge in [-0.15, -0.1) is 11.3 Å². The normalized spacial score (nSPS) is 10.6. The number of amides is 1. The van der Waals surface area contributed by atoms with Crippen LogP contribution in [0.5, 0.6) is 0 Å². The Morgan fingerprint density at radius 1 is 1.47 bits per heavy atom. The number of unbranched alkanes of at least 4 members (excludes halogenated alkanes) is 2. The molecular weight excluding hydrogens is 258 g/mol. The first kappa shape index (κ1) is 13.8. The molecule has 0 atom stereocenters. The minimum atomic E-state index is -0.0884. The summed E-state index contributed by atoms with van der Waals surface area (Å²) in [5, 5.41) is 9.21. The van der Waals surface area contributed by atoms with Gasteiger partial charge in [-0.2, -0.15) is 5.10 Å². The van der Waals surface area contributed by atoms with Gasteiger partial charge in [0.1, 0.15) is 0 Å². The standard InChI is InChI=1S/C14H19N3OS/c1-3-4-5-8-15-14(18)11-10-12(17(2)16-11)13-7-6-9-19-13/h6-7,9-10H,3-5,8H2,1-2H3,(H,15,18). The average Bonchev–Trinajstić information content (AvgIpc) is 3.03. The molecule has 1 N–H and O–H groups in total. The van der Waals surface area contributed by atoms with Crippen molar-refractivity contribution >= 4 is 17.2 Å². The van der Waals surface area contributed by atoms with Crippen molar-refractivity contribution in [2.45, 2.75) is 26.2 Å². The van der Waals surface area contributed by atoms with E-state index in [0.29, 0.717) is 5.69 Å². The first-order valence-corrected chi connectivity index (χ1v) is 7.46. The van der Waals surface area contributed by atoms with Crippen LogP contribution in [0.2, 0.25) is 0 Å². The predicted molar refractivity (Wildman–Crippen MR) is 78.4 cm³/mol. The van der Waals surface area contributed by atoms with Crippen LogP contribution >= 0.6 is 11.3 Å². The zero-order valence-corrected chi connectivity index (χ0v) is 12.2. The molecular formula is C14H19N3OS. The van der Waals surface area contributed by atoms with Gasteiger partial charge in [0.2, 0.25) is 0 Å². The Kier molecular flexibility index (Phi) is 4.74. The van der Waals surface area contributed by atoms with Crippen LogP contribution in [0.1, 0.15) is 36.7 Å². The lowest BCUT2D eigenvalue weighted by molar-refractivity contribution is 0.0947. The molecule has 19 heavy (non-hydrogen) atoms. The minimum absolute atomic E-state index is 0.0884. The number of nitrogens with zero attached hydrogens (tertiary/aromatic N) is 2. The molecule has 0 aliphatic heterocycles. The summed E-state index contributed by atoms with van der Waals surface area (Å²) in [6.07, 6.45) is 3.32. The summed E-state index contributed by atoms with van der Waals surface area (Å²) in [6, 6.07) is 5.88. The van der Waals surface area contributed by atoms with E-state index in [2.05, 4.69) is 17.3 Å². The van der Waals surface area contributed by atoms with Crippen LogP contribution in [0, 0.1) is 0 Å². The zero-order valence-electron chi connectivity index (χ0n) is 11.3. The van der Waals surface area contributed by atoms with E-state index in [-0.39, 0.29) is 5.91 Å². The van der Waals surface area contributed by atoms with Crippen molar-refractivity contribution in [2.24, 2.45) is 7.05 Å². The summed E-state index contributed by atoms with van der Waals surface area (Å²) in [6.45, 7) is 2.87. The van der Waals surface area contributed by atoms with E-state index in [0.717, 1.165) is 36.4 Å². The highest BCUT2D eigenvalue weighted by Gasteiger charge is 2.13. The lowest BCUT2D eigenvalue weighted by Gasteiger charge is -2.01. The fourth-order valence-electron chi connectivity index (χ4n) is 1.90. The molecule has 0 aliphatic carbocycles. The largest absolute Gasteiger partial charge is 0.351 e. The van der Waals surface area contributed by atoms with Gasteiger partial charge in [0.05, 0.1) is 10.6 Å². The predicted octanol–water partition coefficient (Wildman–Crippen LogP) is 3.07. The average molecular weight is 277 g/mol. The molecule has 0 radical (unpaired) electrons. The van der Waals surface area contributed by atoms with Gasteiger partial charge in [-0.3, -0.25) is 9.48 Å². The summed E-state index contributed by atoms with van der Waals surface area (Å²) >= 11 is 1.65. The van der Waals surface area contributed by atoms with Crippen LogP contribution in [0.15, 0.2) is 23.6 Å². The van der Waals surface area contributed by atoms with Crippen molar-refractivity contribution in [1.29, 1.82) is 0 Å². The summed E-state index contributed by atoms with van der Waals surface area (Å²) < 4.78 is 1.76. The smallest absolute Gasteiger partial charge is 0.271 e. The van der Waals surface area contributed by atoms with Gasteiger partial charge in [0, 0.05) is 13.6 Å². The van der Waals surface area contributed by atoms with Crippen LogP contribution in [0.4, 0.5) is 0 Å². The third kappa shape index (κ3) is 3.44. The number of rotatable bonds is 6. The maximum atomic E-state index is 12.0. The number of carbonyl (C=O) groups is 1. The molecule has 0 aromatic carbocycles. The highest BCUT2D eigenvalue weighted by atomic mass is 32.1. The minimum Gasteiger partial charge on any atom is -0.351 e. The maximum absolute atomic E-state index is 12.0. The molecule has 0 saturated heterocycles. The van der Waals surface area contributed by atoms with E-state index >= 15 is 0 Å². The molecule has 4 nitrogen and oxygen atoms in total. The van der Waals surface area contributed by atoms with E-state index in [1.54, 1.807) is 16.0 Å². The molecule has 102 valence electrons. The quantitative estimate of drug-likeness (QED) is 0.825. The van der Waals surface area contributed by atoms with Crippen molar-refractivity contribution in [3.8, 4) is 10.6 Å². The Morgan fingerprint density at radius 3 is 3.00 bits per heavy atom. The number of carbonyl (C=O) groups excluding carboxylic acids is 1. The van der Waals surface area contributed by atoms with Gasteiger partial charge < -0.3 is 5.32 Å². The topological polar surface area (TPSA) is 46.9 Å². The van der Waals surface area contributed by atoms with E-state index < -0.39 is 0 Å². The van der Waals surface area contributed by atoms with Crippen molar-refractivity contribution in [3.63, 3.8) is 0 Å². The van der Waals surface area contributed by atoms with Crippen LogP contribution < -0.4 is 5.32 Å². The number of hydrogen-bond donors (Lipinski definition) is 1. The highest BCUT2D eigenvalue weighted by molar-refractivity contribution is 7.13. The van der Waals surface area contributed by atoms with Crippen molar-refractivity contribution in [3.05, 3.63) is 29.3 Å². The van der Waals surface area contributed by atoms with Crippen molar-refractivity contribution < 1.29 is 4.79 Å². The second-order valence-electron chi connectivity index (χ2n) is 4.48. The van der Waals surface area contributed by atoms with Gasteiger partial charge in [0.15, 0.2) is 5.69 Å². The number of aryl methyl sites for hydroxylation is 1. The molecule has 2 heterocycles. The Bertz CT molecular complexity index is 531. The molecule has 0 aliphatic rings. The molecule has 0 fully saturated rings. The Balaban J connectivity index is 2.01. The van der Waals surface area contributed by atoms with Gasteiger partial charge in [-0.05, 0) is 23.9 Å². The van der Waals surface area contributed by atoms with E-state index in [1.165, 1.54) is 0 Å². The molecule has 0 saturated carbocycles. The summed E-state index contributed by atoms with van der Waals surface area (Å²) in [5.41, 5.74) is 1.47. The zero-order chi connectivity index (χ0) is 13.7. The first-order chi connectivity index (χ1) is 9.22. The SMILES string of the molecule is CCCCCNC(=O)c1cc(-c2cccs2)n(C)n1. The Labute approximate surface area is 117 Å². The van der Waals surface area contributed by atoms with Crippen LogP contribution in [-0.2, 0) is 7.05 Å². The molecule has 0 spiro atoms. The van der Waals surface area contributed by atoms with Gasteiger partial charge in [-0.1, -0.05) is 25.8 Å². The Hall–Kier alpha value is -1.62. The van der Waals surface area contributed by atoms with E-state index in [1.807, 2.05) is 30.6 Å². The third-order valence-corrected chi connectivity index (χ3v) is 3.84. The van der Waals surface area contributed by atoms with E-state index in [9.17, 15) is 4.79 Å². The van der Waals surface area contributed by atoms with Crippen LogP contribution in [0.25, 0.3) is 10.6 Å². The summed E-state index contributed by atoms with van der Waals surface area (Å²) in [7, 11) is 1.86. The lowest BCUT2D eigenvalue weighted by atomic mass is 10.2. The molecule has 0 unspecified atom stereocenters. The first-order valence-electron chi connectivity index (χ1n) is 6.58. The molecule has 2 aromatic heterocycles. The summed E-state index contributed by atoms with van der Waals surface area (Å²) in [4.78, 5) is 13.1. The Morgan fingerprint density at radius 2 is 2.32 bits per heavy atom. The second kappa shape index (κ2) is 6.52. The van der Waals surface area contributed by atoms with Gasteiger partial charge >= 0.3 is 0 Å². The molecule has 1 amide bonds. The fraction of sp³-hybridized carbons (Fsp3) is 0.429. The highest BCUT2D eigenvalue weighted by Crippen LogP contribution is 2.24. The van der Waals surface area contributed by atoms with Crippen molar-refractivity contribution in [1.82, 2.24) is 15.1 Å². The maximum Gasteiger partial charge on any atom is 0.271 e. The molecule has 5 heteroatoms. The number of aromatic nitrogens is 2. The van der Waals surface area contributed by atoms with Gasteiger partial charge in [0.25, 0.3) is 5.91 Å². The fourth-order valence-corrected chi connectivity index (χ4v) is 2.67. The van der Waals surface area contributed by atoms with Gasteiger partial charge in [-0.25, -0.2) is 0 Å². The molecule has 2 rings (SSSR count). The molecule has 0 bridgehead atoms. The number of hydrogen-bond acceptors (Lipinski definition) is 3. The lowest BCUT2D eigenvalue weighted by Crippen LogP contribution is -2.24. The monoisotopic (exact) mass is 277 g/mol. The number of nitrogens with one attached hydrogen (secondary N) is 1.